The maximum Gasteiger partial charge on any atom is 0.344 e. The lowest BCUT2D eigenvalue weighted by molar-refractivity contribution is -0.385. The van der Waals surface area contributed by atoms with Gasteiger partial charge >= 0.3 is 5.97 Å². The monoisotopic (exact) mass is 366 g/mol. The SMILES string of the molecule is COC(=O)c1cc(NCc2ccccc2Cn2cccn2)ccc1[N+](=O)[O-]. The minimum atomic E-state index is -0.746. The Bertz CT molecular complexity index is 954. The number of methoxy groups -OCH3 is 1. The number of nitrogens with one attached hydrogen (secondary N) is 1. The van der Waals surface area contributed by atoms with Gasteiger partial charge in [-0.05, 0) is 29.3 Å². The molecule has 0 radical (unpaired) electrons. The standard InChI is InChI=1S/C19H18N4O4/c1-27-19(24)17-11-16(7-8-18(17)23(25)26)20-12-14-5-2-3-6-15(14)13-22-10-4-9-21-22/h2-11,20H,12-13H2,1H3. The molecule has 0 atom stereocenters. The highest BCUT2D eigenvalue weighted by Gasteiger charge is 2.21. The number of nitro benzene ring substituents is 1. The lowest BCUT2D eigenvalue weighted by atomic mass is 10.1. The normalized spacial score (nSPS) is 10.4. The van der Waals surface area contributed by atoms with Crippen LogP contribution < -0.4 is 5.32 Å². The summed E-state index contributed by atoms with van der Waals surface area (Å²) in [6.07, 6.45) is 3.62. The van der Waals surface area contributed by atoms with Gasteiger partial charge in [-0.15, -0.1) is 0 Å². The van der Waals surface area contributed by atoms with Gasteiger partial charge < -0.3 is 10.1 Å². The third-order valence-electron chi connectivity index (χ3n) is 4.09. The predicted molar refractivity (Wildman–Crippen MR) is 99.5 cm³/mol. The smallest absolute Gasteiger partial charge is 0.344 e. The molecule has 27 heavy (non-hydrogen) atoms. The molecular weight excluding hydrogens is 348 g/mol. The Hall–Kier alpha value is -3.68. The summed E-state index contributed by atoms with van der Waals surface area (Å²) >= 11 is 0. The first-order valence-corrected chi connectivity index (χ1v) is 8.23. The summed E-state index contributed by atoms with van der Waals surface area (Å²) in [7, 11) is 1.19. The molecule has 0 saturated heterocycles. The molecule has 1 N–H and O–H groups in total. The van der Waals surface area contributed by atoms with Crippen LogP contribution in [0.15, 0.2) is 60.9 Å². The van der Waals surface area contributed by atoms with Gasteiger partial charge in [-0.2, -0.15) is 5.10 Å². The van der Waals surface area contributed by atoms with E-state index in [4.69, 9.17) is 0 Å². The van der Waals surface area contributed by atoms with Gasteiger partial charge in [0.2, 0.25) is 0 Å². The minimum absolute atomic E-state index is 0.0858. The molecule has 0 aliphatic heterocycles. The fourth-order valence-corrected chi connectivity index (χ4v) is 2.73. The van der Waals surface area contributed by atoms with Crippen molar-refractivity contribution in [2.75, 3.05) is 12.4 Å². The van der Waals surface area contributed by atoms with Gasteiger partial charge in [0.05, 0.1) is 18.6 Å². The van der Waals surface area contributed by atoms with Gasteiger partial charge in [0.15, 0.2) is 0 Å². The average molecular weight is 366 g/mol. The number of rotatable bonds is 7. The van der Waals surface area contributed by atoms with E-state index in [0.29, 0.717) is 18.8 Å². The number of hydrogen-bond donors (Lipinski definition) is 1. The number of benzene rings is 2. The Morgan fingerprint density at radius 3 is 2.67 bits per heavy atom. The molecule has 3 aromatic rings. The fraction of sp³-hybridized carbons (Fsp3) is 0.158. The number of ether oxygens (including phenoxy) is 1. The van der Waals surface area contributed by atoms with Gasteiger partial charge in [-0.25, -0.2) is 4.79 Å². The molecule has 138 valence electrons. The van der Waals surface area contributed by atoms with Crippen LogP contribution in [0.25, 0.3) is 0 Å². The van der Waals surface area contributed by atoms with E-state index in [-0.39, 0.29) is 11.3 Å². The van der Waals surface area contributed by atoms with E-state index in [1.807, 2.05) is 41.2 Å². The van der Waals surface area contributed by atoms with E-state index in [0.717, 1.165) is 11.1 Å². The minimum Gasteiger partial charge on any atom is -0.465 e. The van der Waals surface area contributed by atoms with Crippen LogP contribution >= 0.6 is 0 Å². The van der Waals surface area contributed by atoms with Crippen LogP contribution in [0.1, 0.15) is 21.5 Å². The highest BCUT2D eigenvalue weighted by atomic mass is 16.6. The van der Waals surface area contributed by atoms with Crippen LogP contribution in [0, 0.1) is 10.1 Å². The van der Waals surface area contributed by atoms with E-state index in [2.05, 4.69) is 15.2 Å². The van der Waals surface area contributed by atoms with Crippen LogP contribution in [0.4, 0.5) is 11.4 Å². The largest absolute Gasteiger partial charge is 0.465 e. The van der Waals surface area contributed by atoms with E-state index >= 15 is 0 Å². The molecule has 2 aromatic carbocycles. The van der Waals surface area contributed by atoms with Crippen LogP contribution in [0.2, 0.25) is 0 Å². The average Bonchev–Trinajstić information content (AvgIpc) is 3.19. The van der Waals surface area contributed by atoms with Gasteiger partial charge in [-0.3, -0.25) is 14.8 Å². The highest BCUT2D eigenvalue weighted by Crippen LogP contribution is 2.24. The molecule has 0 saturated carbocycles. The topological polar surface area (TPSA) is 99.3 Å². The Morgan fingerprint density at radius 1 is 1.22 bits per heavy atom. The molecule has 0 amide bonds. The van der Waals surface area contributed by atoms with Crippen molar-refractivity contribution in [3.05, 3.63) is 87.7 Å². The third kappa shape index (κ3) is 4.30. The third-order valence-corrected chi connectivity index (χ3v) is 4.09. The summed E-state index contributed by atoms with van der Waals surface area (Å²) < 4.78 is 6.48. The Kier molecular flexibility index (Phi) is 5.46. The van der Waals surface area contributed by atoms with E-state index in [1.54, 1.807) is 12.3 Å². The van der Waals surface area contributed by atoms with Crippen molar-refractivity contribution >= 4 is 17.3 Å². The second-order valence-corrected chi connectivity index (χ2v) is 5.81. The van der Waals surface area contributed by atoms with Gasteiger partial charge in [0, 0.05) is 30.7 Å². The van der Waals surface area contributed by atoms with E-state index < -0.39 is 10.9 Å². The summed E-state index contributed by atoms with van der Waals surface area (Å²) in [4.78, 5) is 22.3. The lowest BCUT2D eigenvalue weighted by Gasteiger charge is -2.12. The summed E-state index contributed by atoms with van der Waals surface area (Å²) in [6.45, 7) is 1.13. The summed E-state index contributed by atoms with van der Waals surface area (Å²) in [5, 5.41) is 18.5. The number of nitrogens with zero attached hydrogens (tertiary/aromatic N) is 3. The number of carbonyl (C=O) groups is 1. The fourth-order valence-electron chi connectivity index (χ4n) is 2.73. The van der Waals surface area contributed by atoms with Crippen molar-refractivity contribution in [2.24, 2.45) is 0 Å². The number of aromatic nitrogens is 2. The number of esters is 1. The van der Waals surface area contributed by atoms with Crippen LogP contribution in [0.3, 0.4) is 0 Å². The molecule has 3 rings (SSSR count). The zero-order valence-electron chi connectivity index (χ0n) is 14.7. The molecule has 0 unspecified atom stereocenters. The summed E-state index contributed by atoms with van der Waals surface area (Å²) in [6, 6.07) is 14.1. The summed E-state index contributed by atoms with van der Waals surface area (Å²) in [5.41, 5.74) is 2.38. The first-order chi connectivity index (χ1) is 13.1. The molecular formula is C19H18N4O4. The van der Waals surface area contributed by atoms with Crippen molar-refractivity contribution in [3.8, 4) is 0 Å². The van der Waals surface area contributed by atoms with Crippen molar-refractivity contribution in [3.63, 3.8) is 0 Å². The van der Waals surface area contributed by atoms with E-state index in [9.17, 15) is 14.9 Å². The molecule has 0 spiro atoms. The Morgan fingerprint density at radius 2 is 2.00 bits per heavy atom. The molecule has 0 bridgehead atoms. The maximum absolute atomic E-state index is 11.8. The van der Waals surface area contributed by atoms with Crippen LogP contribution in [-0.2, 0) is 17.8 Å². The van der Waals surface area contributed by atoms with Crippen LogP contribution in [-0.4, -0.2) is 27.8 Å². The second kappa shape index (κ2) is 8.13. The number of nitro groups is 1. The van der Waals surface area contributed by atoms with Crippen molar-refractivity contribution in [2.45, 2.75) is 13.1 Å². The highest BCUT2D eigenvalue weighted by molar-refractivity contribution is 5.95. The first-order valence-electron chi connectivity index (χ1n) is 8.23. The summed E-state index contributed by atoms with van der Waals surface area (Å²) in [5.74, 6) is -0.746. The lowest BCUT2D eigenvalue weighted by Crippen LogP contribution is -2.09. The quantitative estimate of drug-likeness (QED) is 0.391. The van der Waals surface area contributed by atoms with Gasteiger partial charge in [-0.1, -0.05) is 24.3 Å². The van der Waals surface area contributed by atoms with E-state index in [1.165, 1.54) is 19.2 Å². The predicted octanol–water partition coefficient (Wildman–Crippen LogP) is 3.24. The zero-order valence-corrected chi connectivity index (χ0v) is 14.7. The second-order valence-electron chi connectivity index (χ2n) is 5.81. The Labute approximate surface area is 155 Å². The number of anilines is 1. The first kappa shape index (κ1) is 18.1. The van der Waals surface area contributed by atoms with Crippen molar-refractivity contribution in [1.82, 2.24) is 9.78 Å². The molecule has 0 aliphatic carbocycles. The van der Waals surface area contributed by atoms with Gasteiger partial charge in [0.25, 0.3) is 5.69 Å². The Balaban J connectivity index is 1.79. The van der Waals surface area contributed by atoms with Crippen molar-refractivity contribution in [1.29, 1.82) is 0 Å². The maximum atomic E-state index is 11.8. The van der Waals surface area contributed by atoms with Gasteiger partial charge in [0.1, 0.15) is 5.56 Å². The molecule has 1 heterocycles. The molecule has 1 aromatic heterocycles. The zero-order chi connectivity index (χ0) is 19.2. The molecule has 0 aliphatic rings. The van der Waals surface area contributed by atoms with Crippen molar-refractivity contribution < 1.29 is 14.5 Å². The number of hydrogen-bond acceptors (Lipinski definition) is 6. The van der Waals surface area contributed by atoms with Crippen LogP contribution in [0.5, 0.6) is 0 Å². The number of carbonyl (C=O) groups excluding carboxylic acids is 1. The molecule has 0 fully saturated rings. The molecule has 8 heteroatoms. The molecule has 8 nitrogen and oxygen atoms in total.